The first-order chi connectivity index (χ1) is 9.56. The van der Waals surface area contributed by atoms with Crippen LogP contribution >= 0.6 is 11.3 Å². The second-order valence-electron chi connectivity index (χ2n) is 4.16. The standard InChI is InChI=1S/C13H13N3O3S/c1-8-6-20-7-10(8)4-15-13(19)16-11-2-9(12(17)18)3-14-5-11/h2-3,5-7H,4H2,1H3,(H,17,18)(H2,15,16,19). The molecular formula is C13H13N3O3S. The number of aromatic nitrogens is 1. The number of pyridine rings is 1. The molecule has 0 aliphatic carbocycles. The molecule has 2 aromatic rings. The van der Waals surface area contributed by atoms with Crippen LogP contribution in [0.4, 0.5) is 10.5 Å². The molecule has 0 aliphatic rings. The number of carboxylic acid groups (broad SMARTS) is 1. The Hall–Kier alpha value is -2.41. The summed E-state index contributed by atoms with van der Waals surface area (Å²) in [5.41, 5.74) is 2.55. The Morgan fingerprint density at radius 3 is 2.80 bits per heavy atom. The summed E-state index contributed by atoms with van der Waals surface area (Å²) in [5.74, 6) is -1.09. The summed E-state index contributed by atoms with van der Waals surface area (Å²) >= 11 is 1.58. The molecule has 6 nitrogen and oxygen atoms in total. The molecule has 2 amide bonds. The van der Waals surface area contributed by atoms with E-state index in [0.29, 0.717) is 12.2 Å². The Labute approximate surface area is 119 Å². The molecule has 7 heteroatoms. The molecule has 0 bridgehead atoms. The Kier molecular flexibility index (Phi) is 4.31. The predicted octanol–water partition coefficient (Wildman–Crippen LogP) is 2.47. The van der Waals surface area contributed by atoms with Crippen molar-refractivity contribution in [3.8, 4) is 0 Å². The molecule has 0 unspecified atom stereocenters. The van der Waals surface area contributed by atoms with E-state index in [4.69, 9.17) is 5.11 Å². The molecule has 0 saturated heterocycles. The highest BCUT2D eigenvalue weighted by molar-refractivity contribution is 7.08. The smallest absolute Gasteiger partial charge is 0.337 e. The van der Waals surface area contributed by atoms with Crippen molar-refractivity contribution >= 4 is 29.0 Å². The fraction of sp³-hybridized carbons (Fsp3) is 0.154. The van der Waals surface area contributed by atoms with Crippen molar-refractivity contribution in [2.24, 2.45) is 0 Å². The van der Waals surface area contributed by atoms with E-state index in [2.05, 4.69) is 15.6 Å². The van der Waals surface area contributed by atoms with Crippen molar-refractivity contribution in [1.29, 1.82) is 0 Å². The molecule has 0 aliphatic heterocycles. The SMILES string of the molecule is Cc1cscc1CNC(=O)Nc1cncc(C(=O)O)c1. The van der Waals surface area contributed by atoms with E-state index >= 15 is 0 Å². The van der Waals surface area contributed by atoms with Crippen LogP contribution < -0.4 is 10.6 Å². The minimum atomic E-state index is -1.09. The molecule has 2 aromatic heterocycles. The summed E-state index contributed by atoms with van der Waals surface area (Å²) < 4.78 is 0. The van der Waals surface area contributed by atoms with Gasteiger partial charge in [0, 0.05) is 12.7 Å². The van der Waals surface area contributed by atoms with Crippen LogP contribution in [0.2, 0.25) is 0 Å². The number of nitrogens with zero attached hydrogens (tertiary/aromatic N) is 1. The molecule has 2 rings (SSSR count). The minimum Gasteiger partial charge on any atom is -0.478 e. The number of nitrogens with one attached hydrogen (secondary N) is 2. The lowest BCUT2D eigenvalue weighted by Gasteiger charge is -2.07. The third-order valence-electron chi connectivity index (χ3n) is 2.64. The minimum absolute atomic E-state index is 0.0245. The number of urea groups is 1. The van der Waals surface area contributed by atoms with Gasteiger partial charge in [-0.05, 0) is 34.9 Å². The third kappa shape index (κ3) is 3.55. The summed E-state index contributed by atoms with van der Waals surface area (Å²) in [6.45, 7) is 2.40. The molecular weight excluding hydrogens is 278 g/mol. The van der Waals surface area contributed by atoms with E-state index in [0.717, 1.165) is 11.1 Å². The van der Waals surface area contributed by atoms with Crippen LogP contribution in [0.5, 0.6) is 0 Å². The zero-order chi connectivity index (χ0) is 14.5. The summed E-state index contributed by atoms with van der Waals surface area (Å²) in [5, 5.41) is 18.1. The summed E-state index contributed by atoms with van der Waals surface area (Å²) in [7, 11) is 0. The molecule has 0 aromatic carbocycles. The van der Waals surface area contributed by atoms with Crippen molar-refractivity contribution < 1.29 is 14.7 Å². The molecule has 0 fully saturated rings. The first-order valence-corrected chi connectivity index (χ1v) is 6.75. The largest absolute Gasteiger partial charge is 0.478 e. The number of hydrogen-bond donors (Lipinski definition) is 3. The third-order valence-corrected chi connectivity index (χ3v) is 3.55. The van der Waals surface area contributed by atoms with Gasteiger partial charge in [-0.3, -0.25) is 4.98 Å². The lowest BCUT2D eigenvalue weighted by molar-refractivity contribution is 0.0696. The number of carboxylic acids is 1. The van der Waals surface area contributed by atoms with Crippen molar-refractivity contribution in [1.82, 2.24) is 10.3 Å². The number of rotatable bonds is 4. The quantitative estimate of drug-likeness (QED) is 0.807. The molecule has 0 saturated carbocycles. The maximum Gasteiger partial charge on any atom is 0.337 e. The van der Waals surface area contributed by atoms with Gasteiger partial charge in [-0.15, -0.1) is 0 Å². The summed E-state index contributed by atoms with van der Waals surface area (Å²) in [6, 6.07) is 0.949. The first kappa shape index (κ1) is 14.0. The topological polar surface area (TPSA) is 91.3 Å². The molecule has 3 N–H and O–H groups in total. The highest BCUT2D eigenvalue weighted by atomic mass is 32.1. The van der Waals surface area contributed by atoms with Gasteiger partial charge >= 0.3 is 12.0 Å². The van der Waals surface area contributed by atoms with E-state index < -0.39 is 12.0 Å². The zero-order valence-corrected chi connectivity index (χ0v) is 11.5. The maximum absolute atomic E-state index is 11.7. The van der Waals surface area contributed by atoms with Gasteiger partial charge in [-0.2, -0.15) is 11.3 Å². The number of aryl methyl sites for hydroxylation is 1. The number of aromatic carboxylic acids is 1. The Balaban J connectivity index is 1.93. The molecule has 0 atom stereocenters. The Morgan fingerprint density at radius 1 is 1.35 bits per heavy atom. The van der Waals surface area contributed by atoms with Crippen molar-refractivity contribution in [2.75, 3.05) is 5.32 Å². The van der Waals surface area contributed by atoms with Crippen molar-refractivity contribution in [2.45, 2.75) is 13.5 Å². The van der Waals surface area contributed by atoms with Crippen LogP contribution in [0.25, 0.3) is 0 Å². The number of hydrogen-bond acceptors (Lipinski definition) is 4. The van der Waals surface area contributed by atoms with Crippen LogP contribution in [0.3, 0.4) is 0 Å². The lowest BCUT2D eigenvalue weighted by atomic mass is 10.2. The number of amides is 2. The zero-order valence-electron chi connectivity index (χ0n) is 10.7. The number of carbonyl (C=O) groups excluding carboxylic acids is 1. The average molecular weight is 291 g/mol. The van der Waals surface area contributed by atoms with E-state index in [9.17, 15) is 9.59 Å². The Morgan fingerprint density at radius 2 is 2.15 bits per heavy atom. The maximum atomic E-state index is 11.7. The molecule has 20 heavy (non-hydrogen) atoms. The van der Waals surface area contributed by atoms with E-state index in [1.165, 1.54) is 18.5 Å². The van der Waals surface area contributed by atoms with E-state index in [-0.39, 0.29) is 5.56 Å². The normalized spacial score (nSPS) is 10.1. The summed E-state index contributed by atoms with van der Waals surface area (Å²) in [6.07, 6.45) is 2.61. The fourth-order valence-electron chi connectivity index (χ4n) is 1.54. The highest BCUT2D eigenvalue weighted by Gasteiger charge is 2.07. The second kappa shape index (κ2) is 6.16. The van der Waals surface area contributed by atoms with Gasteiger partial charge in [0.1, 0.15) is 0 Å². The molecule has 2 heterocycles. The van der Waals surface area contributed by atoms with Gasteiger partial charge in [0.2, 0.25) is 0 Å². The molecule has 104 valence electrons. The van der Waals surface area contributed by atoms with Crippen LogP contribution in [-0.2, 0) is 6.54 Å². The van der Waals surface area contributed by atoms with Gasteiger partial charge < -0.3 is 15.7 Å². The molecule has 0 spiro atoms. The van der Waals surface area contributed by atoms with Crippen molar-refractivity contribution in [3.63, 3.8) is 0 Å². The lowest BCUT2D eigenvalue weighted by Crippen LogP contribution is -2.28. The van der Waals surface area contributed by atoms with E-state index in [1.807, 2.05) is 17.7 Å². The Bertz CT molecular complexity index is 639. The van der Waals surface area contributed by atoms with Crippen LogP contribution in [0.1, 0.15) is 21.5 Å². The average Bonchev–Trinajstić information content (AvgIpc) is 2.82. The summed E-state index contributed by atoms with van der Waals surface area (Å²) in [4.78, 5) is 26.3. The van der Waals surface area contributed by atoms with Crippen LogP contribution in [0.15, 0.2) is 29.2 Å². The van der Waals surface area contributed by atoms with Crippen LogP contribution in [-0.4, -0.2) is 22.1 Å². The predicted molar refractivity (Wildman–Crippen MR) is 76.1 cm³/mol. The monoisotopic (exact) mass is 291 g/mol. The van der Waals surface area contributed by atoms with Gasteiger partial charge in [-0.1, -0.05) is 0 Å². The number of thiophene rings is 1. The number of carbonyl (C=O) groups is 2. The first-order valence-electron chi connectivity index (χ1n) is 5.81. The second-order valence-corrected chi connectivity index (χ2v) is 4.90. The van der Waals surface area contributed by atoms with Crippen molar-refractivity contribution in [3.05, 3.63) is 45.9 Å². The van der Waals surface area contributed by atoms with Gasteiger partial charge in [0.05, 0.1) is 17.4 Å². The highest BCUT2D eigenvalue weighted by Crippen LogP contribution is 2.13. The van der Waals surface area contributed by atoms with Gasteiger partial charge in [0.15, 0.2) is 0 Å². The number of anilines is 1. The van der Waals surface area contributed by atoms with Gasteiger partial charge in [-0.25, -0.2) is 9.59 Å². The van der Waals surface area contributed by atoms with Crippen LogP contribution in [0, 0.1) is 6.92 Å². The fourth-order valence-corrected chi connectivity index (χ4v) is 2.40. The van der Waals surface area contributed by atoms with Gasteiger partial charge in [0.25, 0.3) is 0 Å². The molecule has 0 radical (unpaired) electrons. The van der Waals surface area contributed by atoms with E-state index in [1.54, 1.807) is 11.3 Å².